The van der Waals surface area contributed by atoms with Crippen LogP contribution in [0, 0.1) is 0 Å². The van der Waals surface area contributed by atoms with E-state index in [9.17, 15) is 4.79 Å². The number of hydrogen-bond acceptors (Lipinski definition) is 5. The lowest BCUT2D eigenvalue weighted by Crippen LogP contribution is -2.57. The first-order chi connectivity index (χ1) is 8.58. The molecule has 1 aliphatic heterocycles. The first kappa shape index (κ1) is 13.7. The van der Waals surface area contributed by atoms with Gasteiger partial charge in [0.05, 0.1) is 0 Å². The molecule has 1 fully saturated rings. The summed E-state index contributed by atoms with van der Waals surface area (Å²) in [6.45, 7) is 10.5. The van der Waals surface area contributed by atoms with Crippen LogP contribution < -0.4 is 15.5 Å². The Morgan fingerprint density at radius 2 is 2.17 bits per heavy atom. The lowest BCUT2D eigenvalue weighted by Gasteiger charge is -2.41. The van der Waals surface area contributed by atoms with Gasteiger partial charge in [-0.1, -0.05) is 11.3 Å². The predicted molar refractivity (Wildman–Crippen MR) is 75.2 cm³/mol. The van der Waals surface area contributed by atoms with Crippen molar-refractivity contribution in [2.75, 3.05) is 32.7 Å². The monoisotopic (exact) mass is 270 g/mol. The highest BCUT2D eigenvalue weighted by Gasteiger charge is 2.27. The van der Waals surface area contributed by atoms with E-state index in [0.29, 0.717) is 0 Å². The van der Waals surface area contributed by atoms with E-state index in [1.807, 2.05) is 5.38 Å². The summed E-state index contributed by atoms with van der Waals surface area (Å²) >= 11 is 1.22. The van der Waals surface area contributed by atoms with Crippen LogP contribution in [0.25, 0.3) is 0 Å². The quantitative estimate of drug-likeness (QED) is 0.716. The zero-order valence-electron chi connectivity index (χ0n) is 11.1. The van der Waals surface area contributed by atoms with Gasteiger partial charge in [0.2, 0.25) is 0 Å². The van der Waals surface area contributed by atoms with Gasteiger partial charge in [-0.3, -0.25) is 9.69 Å². The van der Waals surface area contributed by atoms with E-state index in [1.165, 1.54) is 11.3 Å². The van der Waals surface area contributed by atoms with Gasteiger partial charge in [-0.05, 0) is 13.8 Å². The van der Waals surface area contributed by atoms with E-state index in [-0.39, 0.29) is 10.4 Å². The van der Waals surface area contributed by atoms with Gasteiger partial charge in [-0.2, -0.15) is 0 Å². The van der Waals surface area contributed by atoms with Gasteiger partial charge in [0, 0.05) is 55.9 Å². The maximum Gasteiger partial charge on any atom is 0.304 e. The molecule has 0 aliphatic carbocycles. The van der Waals surface area contributed by atoms with E-state index in [4.69, 9.17) is 0 Å². The van der Waals surface area contributed by atoms with E-state index in [2.05, 4.69) is 34.4 Å². The third-order valence-electron chi connectivity index (χ3n) is 3.42. The molecule has 0 aromatic carbocycles. The van der Waals surface area contributed by atoms with E-state index >= 15 is 0 Å². The average Bonchev–Trinajstić information content (AvgIpc) is 2.76. The van der Waals surface area contributed by atoms with Crippen LogP contribution in [0.4, 0.5) is 0 Å². The molecule has 0 amide bonds. The van der Waals surface area contributed by atoms with Crippen molar-refractivity contribution >= 4 is 11.3 Å². The predicted octanol–water partition coefficient (Wildman–Crippen LogP) is 0.210. The highest BCUT2D eigenvalue weighted by atomic mass is 32.1. The fraction of sp³-hybridized carbons (Fsp3) is 0.750. The number of aromatic amines is 1. The number of rotatable bonds is 5. The molecular formula is C12H22N4OS. The topological polar surface area (TPSA) is 60.2 Å². The molecule has 1 aliphatic rings. The fourth-order valence-corrected chi connectivity index (χ4v) is 2.87. The van der Waals surface area contributed by atoms with Crippen LogP contribution in [0.3, 0.4) is 0 Å². The Hall–Kier alpha value is -0.690. The molecule has 0 saturated carbocycles. The third kappa shape index (κ3) is 3.65. The minimum Gasteiger partial charge on any atom is -0.315 e. The van der Waals surface area contributed by atoms with Crippen molar-refractivity contribution in [3.05, 3.63) is 20.7 Å². The van der Waals surface area contributed by atoms with E-state index in [0.717, 1.165) is 45.0 Å². The van der Waals surface area contributed by atoms with Gasteiger partial charge >= 0.3 is 4.87 Å². The summed E-state index contributed by atoms with van der Waals surface area (Å²) < 4.78 is 0. The van der Waals surface area contributed by atoms with Crippen LogP contribution in [0.2, 0.25) is 0 Å². The number of nitrogens with zero attached hydrogens (tertiary/aromatic N) is 1. The summed E-state index contributed by atoms with van der Waals surface area (Å²) in [4.78, 5) is 16.4. The Kier molecular flexibility index (Phi) is 4.55. The molecule has 1 aromatic rings. The number of thiazole rings is 1. The minimum atomic E-state index is 0.0214. The van der Waals surface area contributed by atoms with Gasteiger partial charge in [0.25, 0.3) is 0 Å². The Morgan fingerprint density at radius 1 is 1.44 bits per heavy atom. The number of H-pyrrole nitrogens is 1. The Bertz CT molecular complexity index is 420. The zero-order valence-corrected chi connectivity index (χ0v) is 11.9. The maximum absolute atomic E-state index is 11.0. The molecule has 5 nitrogen and oxygen atoms in total. The van der Waals surface area contributed by atoms with Gasteiger partial charge in [0.15, 0.2) is 0 Å². The lowest BCUT2D eigenvalue weighted by molar-refractivity contribution is 0.102. The highest BCUT2D eigenvalue weighted by molar-refractivity contribution is 7.07. The Labute approximate surface area is 112 Å². The normalized spacial score (nSPS) is 18.1. The fourth-order valence-electron chi connectivity index (χ4n) is 2.29. The second-order valence-corrected chi connectivity index (χ2v) is 6.17. The first-order valence-corrected chi connectivity index (χ1v) is 7.29. The Balaban J connectivity index is 1.79. The van der Waals surface area contributed by atoms with Gasteiger partial charge < -0.3 is 15.6 Å². The van der Waals surface area contributed by atoms with Crippen molar-refractivity contribution in [3.63, 3.8) is 0 Å². The number of hydrogen-bond donors (Lipinski definition) is 3. The number of nitrogens with one attached hydrogen (secondary N) is 3. The van der Waals surface area contributed by atoms with Crippen LogP contribution in [-0.4, -0.2) is 48.1 Å². The van der Waals surface area contributed by atoms with Gasteiger partial charge in [-0.25, -0.2) is 0 Å². The summed E-state index contributed by atoms with van der Waals surface area (Å²) in [6, 6.07) is 0. The molecule has 0 radical (unpaired) electrons. The summed E-state index contributed by atoms with van der Waals surface area (Å²) in [7, 11) is 0. The zero-order chi connectivity index (χ0) is 13.0. The third-order valence-corrected chi connectivity index (χ3v) is 4.14. The molecule has 6 heteroatoms. The van der Waals surface area contributed by atoms with Crippen LogP contribution in [-0.2, 0) is 6.54 Å². The average molecular weight is 270 g/mol. The van der Waals surface area contributed by atoms with Crippen LogP contribution in [0.1, 0.15) is 19.5 Å². The smallest absolute Gasteiger partial charge is 0.304 e. The summed E-state index contributed by atoms with van der Waals surface area (Å²) in [5.74, 6) is 0. The molecule has 0 bridgehead atoms. The summed E-state index contributed by atoms with van der Waals surface area (Å²) in [5.41, 5.74) is 1.12. The van der Waals surface area contributed by atoms with Crippen molar-refractivity contribution < 1.29 is 0 Å². The van der Waals surface area contributed by atoms with Gasteiger partial charge in [0.1, 0.15) is 0 Å². The van der Waals surface area contributed by atoms with Crippen LogP contribution >= 0.6 is 11.3 Å². The summed E-state index contributed by atoms with van der Waals surface area (Å²) in [6.07, 6.45) is 0. The molecule has 2 rings (SSSR count). The van der Waals surface area contributed by atoms with Crippen molar-refractivity contribution in [2.45, 2.75) is 25.9 Å². The largest absolute Gasteiger partial charge is 0.315 e. The lowest BCUT2D eigenvalue weighted by atomic mass is 10.0. The van der Waals surface area contributed by atoms with E-state index < -0.39 is 0 Å². The molecule has 102 valence electrons. The summed E-state index contributed by atoms with van der Waals surface area (Å²) in [5, 5.41) is 8.68. The van der Waals surface area contributed by atoms with Crippen molar-refractivity contribution in [2.24, 2.45) is 0 Å². The molecule has 0 unspecified atom stereocenters. The van der Waals surface area contributed by atoms with Gasteiger partial charge in [-0.15, -0.1) is 0 Å². The molecule has 18 heavy (non-hydrogen) atoms. The van der Waals surface area contributed by atoms with Crippen molar-refractivity contribution in [1.29, 1.82) is 0 Å². The van der Waals surface area contributed by atoms with Crippen LogP contribution in [0.15, 0.2) is 10.2 Å². The second-order valence-electron chi connectivity index (χ2n) is 5.33. The number of piperazine rings is 1. The molecule has 3 N–H and O–H groups in total. The van der Waals surface area contributed by atoms with Crippen LogP contribution in [0.5, 0.6) is 0 Å². The SMILES string of the molecule is CC(C)(CNCc1csc(=O)[nH]1)N1CCNCC1. The second kappa shape index (κ2) is 5.97. The standard InChI is InChI=1S/C12H22N4OS/c1-12(2,16-5-3-13-4-6-16)9-14-7-10-8-18-11(17)15-10/h8,13-14H,3-7,9H2,1-2H3,(H,15,17). The Morgan fingerprint density at radius 3 is 2.78 bits per heavy atom. The van der Waals surface area contributed by atoms with E-state index in [1.54, 1.807) is 0 Å². The van der Waals surface area contributed by atoms with Crippen molar-refractivity contribution in [1.82, 2.24) is 20.5 Å². The minimum absolute atomic E-state index is 0.0214. The van der Waals surface area contributed by atoms with Crippen molar-refractivity contribution in [3.8, 4) is 0 Å². The molecule has 1 saturated heterocycles. The first-order valence-electron chi connectivity index (χ1n) is 6.41. The molecule has 0 atom stereocenters. The molecular weight excluding hydrogens is 248 g/mol. The molecule has 1 aromatic heterocycles. The highest BCUT2D eigenvalue weighted by Crippen LogP contribution is 2.13. The number of aromatic nitrogens is 1. The molecule has 2 heterocycles. The maximum atomic E-state index is 11.0. The molecule has 0 spiro atoms.